The number of hydrogen-bond acceptors (Lipinski definition) is 2. The molecule has 0 aliphatic carbocycles. The maximum atomic E-state index is 13.0. The van der Waals surface area contributed by atoms with Crippen molar-refractivity contribution in [2.45, 2.75) is 0 Å². The number of fused-ring (bicyclic) bond motifs is 5. The number of nitrogens with zero attached hydrogens (tertiary/aromatic N) is 3. The molecular formula is C12H7FN4. The van der Waals surface area contributed by atoms with Gasteiger partial charge < -0.3 is 4.98 Å². The largest absolute Gasteiger partial charge is 0.339 e. The Labute approximate surface area is 94.7 Å². The van der Waals surface area contributed by atoms with Crippen molar-refractivity contribution in [3.05, 3.63) is 42.5 Å². The van der Waals surface area contributed by atoms with Gasteiger partial charge in [0.2, 0.25) is 11.7 Å². The molecule has 0 fully saturated rings. The molecule has 1 N–H and O–H groups in total. The highest BCUT2D eigenvalue weighted by Crippen LogP contribution is 2.24. The van der Waals surface area contributed by atoms with Gasteiger partial charge in [0, 0.05) is 23.2 Å². The molecule has 0 saturated heterocycles. The second-order valence-electron chi connectivity index (χ2n) is 3.90. The zero-order valence-electron chi connectivity index (χ0n) is 8.68. The van der Waals surface area contributed by atoms with Gasteiger partial charge >= 0.3 is 0 Å². The van der Waals surface area contributed by atoms with Gasteiger partial charge in [0.25, 0.3) is 0 Å². The molecule has 4 rings (SSSR count). The summed E-state index contributed by atoms with van der Waals surface area (Å²) in [6.07, 6.45) is 1.63. The molecule has 0 unspecified atom stereocenters. The number of para-hydroxylation sites is 1. The molecule has 0 radical (unpaired) electrons. The van der Waals surface area contributed by atoms with E-state index in [0.717, 1.165) is 22.1 Å². The van der Waals surface area contributed by atoms with Gasteiger partial charge in [0.05, 0.1) is 0 Å². The average molecular weight is 226 g/mol. The third kappa shape index (κ3) is 1.05. The highest BCUT2D eigenvalue weighted by Gasteiger charge is 2.11. The Morgan fingerprint density at radius 3 is 2.94 bits per heavy atom. The topological polar surface area (TPSA) is 46.0 Å². The van der Waals surface area contributed by atoms with E-state index in [1.165, 1.54) is 6.07 Å². The average Bonchev–Trinajstić information content (AvgIpc) is 2.84. The molecule has 4 aromatic rings. The van der Waals surface area contributed by atoms with Crippen molar-refractivity contribution in [1.29, 1.82) is 0 Å². The van der Waals surface area contributed by atoms with E-state index in [9.17, 15) is 4.39 Å². The summed E-state index contributed by atoms with van der Waals surface area (Å²) >= 11 is 0. The zero-order valence-corrected chi connectivity index (χ0v) is 8.68. The predicted octanol–water partition coefficient (Wildman–Crippen LogP) is 2.50. The van der Waals surface area contributed by atoms with E-state index >= 15 is 0 Å². The summed E-state index contributed by atoms with van der Waals surface area (Å²) in [6, 6.07) is 9.20. The smallest absolute Gasteiger partial charge is 0.238 e. The van der Waals surface area contributed by atoms with Crippen molar-refractivity contribution in [3.63, 3.8) is 0 Å². The van der Waals surface area contributed by atoms with Crippen LogP contribution in [0.5, 0.6) is 0 Å². The second-order valence-corrected chi connectivity index (χ2v) is 3.90. The Kier molecular flexibility index (Phi) is 1.44. The fraction of sp³-hybridized carbons (Fsp3) is 0. The first kappa shape index (κ1) is 8.69. The van der Waals surface area contributed by atoms with Crippen LogP contribution in [-0.2, 0) is 0 Å². The lowest BCUT2D eigenvalue weighted by Gasteiger charge is -1.92. The van der Waals surface area contributed by atoms with Crippen LogP contribution in [0.1, 0.15) is 0 Å². The van der Waals surface area contributed by atoms with E-state index in [-0.39, 0.29) is 0 Å². The van der Waals surface area contributed by atoms with Crippen LogP contribution >= 0.6 is 0 Å². The van der Waals surface area contributed by atoms with Gasteiger partial charge in [-0.2, -0.15) is 9.37 Å². The Bertz CT molecular complexity index is 859. The third-order valence-electron chi connectivity index (χ3n) is 2.90. The van der Waals surface area contributed by atoms with E-state index in [2.05, 4.69) is 15.0 Å². The molecule has 0 atom stereocenters. The SMILES string of the molecule is Fc1ccn2c(n1)nc1c3ccccc3[nH]c12. The van der Waals surface area contributed by atoms with E-state index in [4.69, 9.17) is 0 Å². The molecule has 0 aliphatic rings. The van der Waals surface area contributed by atoms with Crippen molar-refractivity contribution in [1.82, 2.24) is 19.4 Å². The molecule has 3 aromatic heterocycles. The number of halogens is 1. The van der Waals surface area contributed by atoms with Crippen molar-refractivity contribution in [2.75, 3.05) is 0 Å². The summed E-state index contributed by atoms with van der Waals surface area (Å²) in [5, 5.41) is 1.02. The number of H-pyrrole nitrogens is 1. The Balaban J connectivity index is 2.29. The van der Waals surface area contributed by atoms with Gasteiger partial charge in [0.15, 0.2) is 0 Å². The van der Waals surface area contributed by atoms with Gasteiger partial charge in [-0.25, -0.2) is 4.98 Å². The number of aromatic amines is 1. The number of imidazole rings is 1. The highest BCUT2D eigenvalue weighted by atomic mass is 19.1. The van der Waals surface area contributed by atoms with Crippen molar-refractivity contribution < 1.29 is 4.39 Å². The maximum Gasteiger partial charge on any atom is 0.238 e. The van der Waals surface area contributed by atoms with E-state index < -0.39 is 5.95 Å². The van der Waals surface area contributed by atoms with Crippen LogP contribution in [0.3, 0.4) is 0 Å². The van der Waals surface area contributed by atoms with E-state index in [0.29, 0.717) is 5.78 Å². The summed E-state index contributed by atoms with van der Waals surface area (Å²) in [7, 11) is 0. The number of rotatable bonds is 0. The molecule has 17 heavy (non-hydrogen) atoms. The lowest BCUT2D eigenvalue weighted by atomic mass is 10.2. The molecule has 3 heterocycles. The Hall–Kier alpha value is -2.43. The van der Waals surface area contributed by atoms with E-state index in [1.807, 2.05) is 24.3 Å². The fourth-order valence-electron chi connectivity index (χ4n) is 2.14. The Morgan fingerprint density at radius 2 is 2.00 bits per heavy atom. The molecule has 0 amide bonds. The first-order valence-corrected chi connectivity index (χ1v) is 5.24. The van der Waals surface area contributed by atoms with Gasteiger partial charge in [-0.15, -0.1) is 0 Å². The second kappa shape index (κ2) is 2.82. The fourth-order valence-corrected chi connectivity index (χ4v) is 2.14. The van der Waals surface area contributed by atoms with Crippen LogP contribution in [0.15, 0.2) is 36.5 Å². The molecule has 5 heteroatoms. The zero-order chi connectivity index (χ0) is 11.4. The highest BCUT2D eigenvalue weighted by molar-refractivity contribution is 6.04. The molecule has 1 aromatic carbocycles. The summed E-state index contributed by atoms with van der Waals surface area (Å²) in [4.78, 5) is 11.4. The summed E-state index contributed by atoms with van der Waals surface area (Å²) in [5.41, 5.74) is 2.68. The summed E-state index contributed by atoms with van der Waals surface area (Å²) in [6.45, 7) is 0. The van der Waals surface area contributed by atoms with Crippen LogP contribution in [0.2, 0.25) is 0 Å². The Morgan fingerprint density at radius 1 is 1.12 bits per heavy atom. The third-order valence-corrected chi connectivity index (χ3v) is 2.90. The van der Waals surface area contributed by atoms with Gasteiger partial charge in [-0.05, 0) is 6.07 Å². The number of aromatic nitrogens is 4. The van der Waals surface area contributed by atoms with Crippen LogP contribution in [0, 0.1) is 5.95 Å². The minimum absolute atomic E-state index is 0.372. The number of nitrogens with one attached hydrogen (secondary N) is 1. The standard InChI is InChI=1S/C12H7FN4/c13-9-5-6-17-11-10(16-12(17)15-9)7-3-1-2-4-8(7)14-11/h1-6,14H. The first-order valence-electron chi connectivity index (χ1n) is 5.24. The van der Waals surface area contributed by atoms with Gasteiger partial charge in [0.1, 0.15) is 11.2 Å². The molecule has 4 nitrogen and oxygen atoms in total. The molecule has 0 saturated carbocycles. The molecular weight excluding hydrogens is 219 g/mol. The lowest BCUT2D eigenvalue weighted by molar-refractivity contribution is 0.583. The van der Waals surface area contributed by atoms with Crippen LogP contribution < -0.4 is 0 Å². The first-order chi connectivity index (χ1) is 8.33. The number of benzene rings is 1. The summed E-state index contributed by atoms with van der Waals surface area (Å²) < 4.78 is 14.8. The van der Waals surface area contributed by atoms with Crippen LogP contribution in [0.4, 0.5) is 4.39 Å². The predicted molar refractivity (Wildman–Crippen MR) is 62.3 cm³/mol. The van der Waals surface area contributed by atoms with E-state index in [1.54, 1.807) is 10.6 Å². The minimum Gasteiger partial charge on any atom is -0.339 e. The van der Waals surface area contributed by atoms with Crippen molar-refractivity contribution in [3.8, 4) is 0 Å². The van der Waals surface area contributed by atoms with Crippen LogP contribution in [0.25, 0.3) is 27.8 Å². The molecule has 82 valence electrons. The quantitative estimate of drug-likeness (QED) is 0.468. The van der Waals surface area contributed by atoms with Gasteiger partial charge in [-0.1, -0.05) is 18.2 Å². The van der Waals surface area contributed by atoms with Crippen molar-refractivity contribution in [2.24, 2.45) is 0 Å². The van der Waals surface area contributed by atoms with Crippen LogP contribution in [-0.4, -0.2) is 19.4 Å². The summed E-state index contributed by atoms with van der Waals surface area (Å²) in [5.74, 6) is -0.147. The van der Waals surface area contributed by atoms with Crippen molar-refractivity contribution >= 4 is 27.8 Å². The maximum absolute atomic E-state index is 13.0. The monoisotopic (exact) mass is 226 g/mol. The minimum atomic E-state index is -0.519. The normalized spacial score (nSPS) is 11.8. The van der Waals surface area contributed by atoms with Gasteiger partial charge in [-0.3, -0.25) is 4.40 Å². The number of hydrogen-bond donors (Lipinski definition) is 1. The molecule has 0 aliphatic heterocycles. The lowest BCUT2D eigenvalue weighted by Crippen LogP contribution is -1.91. The molecule has 0 spiro atoms. The molecule has 0 bridgehead atoms.